The highest BCUT2D eigenvalue weighted by atomic mass is 35.5. The van der Waals surface area contributed by atoms with Gasteiger partial charge in [-0.2, -0.15) is 5.26 Å². The average molecular weight is 510 g/mol. The van der Waals surface area contributed by atoms with E-state index in [2.05, 4.69) is 5.32 Å². The van der Waals surface area contributed by atoms with Crippen molar-refractivity contribution in [2.24, 2.45) is 0 Å². The molecule has 4 rings (SSSR count). The summed E-state index contributed by atoms with van der Waals surface area (Å²) in [5.41, 5.74) is 0.931. The first-order chi connectivity index (χ1) is 16.8. The summed E-state index contributed by atoms with van der Waals surface area (Å²) < 4.78 is 38.5. The molecule has 3 aromatic carbocycles. The third-order valence-electron chi connectivity index (χ3n) is 5.18. The lowest BCUT2D eigenvalue weighted by atomic mass is 10.1. The van der Waals surface area contributed by atoms with Gasteiger partial charge in [0.2, 0.25) is 6.79 Å². The molecule has 1 N–H and O–H groups in total. The summed E-state index contributed by atoms with van der Waals surface area (Å²) in [6, 6.07) is 19.6. The maximum absolute atomic E-state index is 13.3. The summed E-state index contributed by atoms with van der Waals surface area (Å²) in [4.78, 5) is 12.8. The molecule has 0 saturated carbocycles. The average Bonchev–Trinajstić information content (AvgIpc) is 3.32. The highest BCUT2D eigenvalue weighted by molar-refractivity contribution is 7.92. The van der Waals surface area contributed by atoms with E-state index in [0.29, 0.717) is 22.7 Å². The standard InChI is InChI=1S/C25H20ClN3O5S/c1-2-29(19-6-4-3-5-7-19)35(31,32)20-9-10-21(26)22(14-20)28-25(30)18(15-27)12-17-8-11-23-24(13-17)34-16-33-23/h3-14H,2,16H2,1H3,(H,28,30). The number of carbonyl (C=O) groups is 1. The number of rotatable bonds is 7. The number of anilines is 2. The van der Waals surface area contributed by atoms with Crippen molar-refractivity contribution >= 4 is 45.0 Å². The molecule has 10 heteroatoms. The summed E-state index contributed by atoms with van der Waals surface area (Å²) in [6.07, 6.45) is 1.39. The molecule has 0 radical (unpaired) electrons. The third-order valence-corrected chi connectivity index (χ3v) is 7.41. The van der Waals surface area contributed by atoms with Gasteiger partial charge in [0.15, 0.2) is 11.5 Å². The van der Waals surface area contributed by atoms with Crippen LogP contribution in [0.4, 0.5) is 11.4 Å². The Kier molecular flexibility index (Phi) is 6.96. The highest BCUT2D eigenvalue weighted by Gasteiger charge is 2.25. The lowest BCUT2D eigenvalue weighted by Crippen LogP contribution is -2.30. The van der Waals surface area contributed by atoms with Crippen LogP contribution in [-0.2, 0) is 14.8 Å². The molecule has 0 unspecified atom stereocenters. The van der Waals surface area contributed by atoms with Gasteiger partial charge >= 0.3 is 0 Å². The predicted octanol–water partition coefficient (Wildman–Crippen LogP) is 4.83. The molecule has 8 nitrogen and oxygen atoms in total. The van der Waals surface area contributed by atoms with Crippen molar-refractivity contribution in [3.05, 3.63) is 82.9 Å². The Morgan fingerprint density at radius 2 is 1.86 bits per heavy atom. The Morgan fingerprint density at radius 3 is 2.57 bits per heavy atom. The largest absolute Gasteiger partial charge is 0.454 e. The first kappa shape index (κ1) is 24.1. The molecule has 1 heterocycles. The van der Waals surface area contributed by atoms with Gasteiger partial charge in [0.05, 0.1) is 21.3 Å². The number of nitrogens with one attached hydrogen (secondary N) is 1. The van der Waals surface area contributed by atoms with E-state index in [1.54, 1.807) is 55.5 Å². The molecule has 0 aromatic heterocycles. The van der Waals surface area contributed by atoms with E-state index in [0.717, 1.165) is 0 Å². The zero-order valence-electron chi connectivity index (χ0n) is 18.6. The number of ether oxygens (including phenoxy) is 2. The van der Waals surface area contributed by atoms with Gasteiger partial charge in [-0.1, -0.05) is 35.9 Å². The molecule has 1 aliphatic rings. The minimum Gasteiger partial charge on any atom is -0.454 e. The Labute approximate surface area is 208 Å². The highest BCUT2D eigenvalue weighted by Crippen LogP contribution is 2.33. The molecular formula is C25H20ClN3O5S. The number of benzene rings is 3. The summed E-state index contributed by atoms with van der Waals surface area (Å²) in [5.74, 6) is 0.347. The maximum atomic E-state index is 13.3. The maximum Gasteiger partial charge on any atom is 0.266 e. The molecule has 0 aliphatic carbocycles. The fourth-order valence-corrected chi connectivity index (χ4v) is 5.15. The van der Waals surface area contributed by atoms with Crippen molar-refractivity contribution in [3.63, 3.8) is 0 Å². The second-order valence-electron chi connectivity index (χ2n) is 7.38. The fraction of sp³-hybridized carbons (Fsp3) is 0.120. The van der Waals surface area contributed by atoms with Gasteiger partial charge in [0.25, 0.3) is 15.9 Å². The van der Waals surface area contributed by atoms with Crippen LogP contribution in [0.3, 0.4) is 0 Å². The second kappa shape index (κ2) is 10.1. The zero-order chi connectivity index (χ0) is 25.0. The molecule has 1 amide bonds. The van der Waals surface area contributed by atoms with Crippen molar-refractivity contribution in [2.75, 3.05) is 23.0 Å². The van der Waals surface area contributed by atoms with Crippen molar-refractivity contribution < 1.29 is 22.7 Å². The Morgan fingerprint density at radius 1 is 1.11 bits per heavy atom. The van der Waals surface area contributed by atoms with Gasteiger partial charge < -0.3 is 14.8 Å². The van der Waals surface area contributed by atoms with Gasteiger partial charge in [-0.3, -0.25) is 9.10 Å². The number of hydrogen-bond donors (Lipinski definition) is 1. The lowest BCUT2D eigenvalue weighted by Gasteiger charge is -2.23. The van der Waals surface area contributed by atoms with Crippen LogP contribution >= 0.6 is 11.6 Å². The summed E-state index contributed by atoms with van der Waals surface area (Å²) in [6.45, 7) is 2.03. The number of hydrogen-bond acceptors (Lipinski definition) is 6. The molecular weight excluding hydrogens is 490 g/mol. The predicted molar refractivity (Wildman–Crippen MR) is 133 cm³/mol. The van der Waals surface area contributed by atoms with Crippen LogP contribution in [0, 0.1) is 11.3 Å². The molecule has 0 bridgehead atoms. The minimum absolute atomic E-state index is 0.0545. The molecule has 178 valence electrons. The molecule has 0 saturated heterocycles. The Balaban J connectivity index is 1.61. The van der Waals surface area contributed by atoms with E-state index < -0.39 is 15.9 Å². The summed E-state index contributed by atoms with van der Waals surface area (Å²) in [5, 5.41) is 12.2. The van der Waals surface area contributed by atoms with E-state index >= 15 is 0 Å². The van der Waals surface area contributed by atoms with Crippen molar-refractivity contribution in [3.8, 4) is 17.6 Å². The number of sulfonamides is 1. The number of nitriles is 1. The van der Waals surface area contributed by atoms with Gasteiger partial charge in [0, 0.05) is 6.54 Å². The minimum atomic E-state index is -3.94. The number of halogens is 1. The second-order valence-corrected chi connectivity index (χ2v) is 9.65. The fourth-order valence-electron chi connectivity index (χ4n) is 3.48. The van der Waals surface area contributed by atoms with E-state index in [1.807, 2.05) is 6.07 Å². The van der Waals surface area contributed by atoms with Crippen molar-refractivity contribution in [2.45, 2.75) is 11.8 Å². The van der Waals surface area contributed by atoms with Gasteiger partial charge in [0.1, 0.15) is 11.6 Å². The van der Waals surface area contributed by atoms with Crippen LogP contribution in [0.5, 0.6) is 11.5 Å². The van der Waals surface area contributed by atoms with Crippen molar-refractivity contribution in [1.82, 2.24) is 0 Å². The molecule has 3 aromatic rings. The van der Waals surface area contributed by atoms with E-state index in [9.17, 15) is 18.5 Å². The molecule has 35 heavy (non-hydrogen) atoms. The van der Waals surface area contributed by atoms with Gasteiger partial charge in [-0.25, -0.2) is 8.42 Å². The zero-order valence-corrected chi connectivity index (χ0v) is 20.1. The molecule has 0 spiro atoms. The van der Waals surface area contributed by atoms with Gasteiger partial charge in [-0.05, 0) is 61.0 Å². The number of nitrogens with zero attached hydrogens (tertiary/aromatic N) is 2. The Bertz CT molecular complexity index is 1450. The number of fused-ring (bicyclic) bond motifs is 1. The topological polar surface area (TPSA) is 109 Å². The first-order valence-electron chi connectivity index (χ1n) is 10.5. The molecule has 0 atom stereocenters. The molecule has 0 fully saturated rings. The quantitative estimate of drug-likeness (QED) is 0.361. The SMILES string of the molecule is CCN(c1ccccc1)S(=O)(=O)c1ccc(Cl)c(NC(=O)C(C#N)=Cc2ccc3c(c2)OCO3)c1. The van der Waals surface area contributed by atoms with Crippen LogP contribution < -0.4 is 19.1 Å². The number of carbonyl (C=O) groups excluding carboxylic acids is 1. The van der Waals surface area contributed by atoms with E-state index in [-0.39, 0.29) is 34.5 Å². The van der Waals surface area contributed by atoms with E-state index in [4.69, 9.17) is 21.1 Å². The summed E-state index contributed by atoms with van der Waals surface area (Å²) in [7, 11) is -3.94. The Hall–Kier alpha value is -4.00. The van der Waals surface area contributed by atoms with Crippen LogP contribution in [-0.4, -0.2) is 27.7 Å². The van der Waals surface area contributed by atoms with Crippen LogP contribution in [0.25, 0.3) is 6.08 Å². The van der Waals surface area contributed by atoms with Crippen LogP contribution in [0.2, 0.25) is 5.02 Å². The van der Waals surface area contributed by atoms with E-state index in [1.165, 1.54) is 28.6 Å². The first-order valence-corrected chi connectivity index (χ1v) is 12.4. The number of para-hydroxylation sites is 1. The smallest absolute Gasteiger partial charge is 0.266 e. The normalized spacial score (nSPS) is 12.7. The third kappa shape index (κ3) is 5.09. The molecule has 1 aliphatic heterocycles. The van der Waals surface area contributed by atoms with Crippen LogP contribution in [0.1, 0.15) is 12.5 Å². The monoisotopic (exact) mass is 509 g/mol. The lowest BCUT2D eigenvalue weighted by molar-refractivity contribution is -0.112. The van der Waals surface area contributed by atoms with Crippen molar-refractivity contribution in [1.29, 1.82) is 5.26 Å². The summed E-state index contributed by atoms with van der Waals surface area (Å²) >= 11 is 6.24. The van der Waals surface area contributed by atoms with Gasteiger partial charge in [-0.15, -0.1) is 0 Å². The van der Waals surface area contributed by atoms with Crippen LogP contribution in [0.15, 0.2) is 77.2 Å². The number of amides is 1.